The average molecular weight is 408 g/mol. The molecule has 0 spiro atoms. The molecule has 9 nitrogen and oxygen atoms in total. The molecule has 9 heteroatoms. The number of hydrogen-bond acceptors (Lipinski definition) is 8. The molecule has 2 aromatic heterocycles. The van der Waals surface area contributed by atoms with Crippen LogP contribution in [-0.4, -0.2) is 37.6 Å². The fraction of sp³-hybridized carbons (Fsp3) is 0.286. The number of pyridine rings is 1. The second-order valence-electron chi connectivity index (χ2n) is 7.16. The van der Waals surface area contributed by atoms with Crippen molar-refractivity contribution in [1.29, 1.82) is 0 Å². The van der Waals surface area contributed by atoms with Crippen molar-refractivity contribution in [3.05, 3.63) is 70.5 Å². The summed E-state index contributed by atoms with van der Waals surface area (Å²) >= 11 is 0. The number of benzene rings is 1. The van der Waals surface area contributed by atoms with Crippen LogP contribution in [0.4, 0.5) is 17.5 Å². The van der Waals surface area contributed by atoms with Gasteiger partial charge in [-0.1, -0.05) is 26.0 Å². The van der Waals surface area contributed by atoms with Crippen molar-refractivity contribution >= 4 is 17.5 Å². The standard InChI is InChI=1S/C21H24N6O3/c1-14(2)19(13-28)25-21-24-18(16-6-8-22-9-7-16)11-20(26-21)23-12-15-4-3-5-17(10-15)27(29)30/h3-11,14,19,28H,12-13H2,1-2H3,(H2,23,24,25,26)/t19-/m0/s1. The van der Waals surface area contributed by atoms with Crippen LogP contribution < -0.4 is 10.6 Å². The SMILES string of the molecule is CC(C)[C@H](CO)Nc1nc(NCc2cccc([N+](=O)[O-])c2)cc(-c2ccncc2)n1. The Bertz CT molecular complexity index is 997. The lowest BCUT2D eigenvalue weighted by Gasteiger charge is -2.20. The molecule has 2 heterocycles. The maximum atomic E-state index is 11.0. The maximum Gasteiger partial charge on any atom is 0.269 e. The van der Waals surface area contributed by atoms with Crippen molar-refractivity contribution in [3.63, 3.8) is 0 Å². The number of nitrogens with zero attached hydrogens (tertiary/aromatic N) is 4. The predicted octanol–water partition coefficient (Wildman–Crippen LogP) is 3.49. The van der Waals surface area contributed by atoms with E-state index < -0.39 is 4.92 Å². The van der Waals surface area contributed by atoms with Crippen LogP contribution in [0, 0.1) is 16.0 Å². The summed E-state index contributed by atoms with van der Waals surface area (Å²) in [5.41, 5.74) is 2.37. The predicted molar refractivity (Wildman–Crippen MR) is 115 cm³/mol. The summed E-state index contributed by atoms with van der Waals surface area (Å²) in [4.78, 5) is 23.7. The number of aromatic nitrogens is 3. The van der Waals surface area contributed by atoms with Crippen molar-refractivity contribution in [2.75, 3.05) is 17.2 Å². The zero-order chi connectivity index (χ0) is 21.5. The maximum absolute atomic E-state index is 11.0. The summed E-state index contributed by atoms with van der Waals surface area (Å²) in [6.45, 7) is 4.32. The number of nitro benzene ring substituents is 1. The van der Waals surface area contributed by atoms with Crippen LogP contribution in [0.1, 0.15) is 19.4 Å². The number of nitro groups is 1. The van der Waals surface area contributed by atoms with Crippen LogP contribution in [0.3, 0.4) is 0 Å². The highest BCUT2D eigenvalue weighted by molar-refractivity contribution is 5.64. The minimum Gasteiger partial charge on any atom is -0.394 e. The fourth-order valence-electron chi connectivity index (χ4n) is 2.83. The van der Waals surface area contributed by atoms with Gasteiger partial charge in [-0.2, -0.15) is 4.98 Å². The zero-order valence-corrected chi connectivity index (χ0v) is 16.8. The van der Waals surface area contributed by atoms with Crippen LogP contribution in [0.2, 0.25) is 0 Å². The second kappa shape index (κ2) is 9.75. The number of aliphatic hydroxyl groups is 1. The number of hydrogen-bond donors (Lipinski definition) is 3. The van der Waals surface area contributed by atoms with E-state index in [2.05, 4.69) is 25.6 Å². The van der Waals surface area contributed by atoms with E-state index in [0.29, 0.717) is 24.0 Å². The van der Waals surface area contributed by atoms with Crippen molar-refractivity contribution in [2.24, 2.45) is 5.92 Å². The lowest BCUT2D eigenvalue weighted by Crippen LogP contribution is -2.30. The molecular weight excluding hydrogens is 384 g/mol. The van der Waals surface area contributed by atoms with Gasteiger partial charge in [-0.05, 0) is 23.6 Å². The average Bonchev–Trinajstić information content (AvgIpc) is 2.76. The van der Waals surface area contributed by atoms with E-state index in [1.54, 1.807) is 24.5 Å². The van der Waals surface area contributed by atoms with Gasteiger partial charge >= 0.3 is 0 Å². The molecule has 0 bridgehead atoms. The number of nitrogens with one attached hydrogen (secondary N) is 2. The Labute approximate surface area is 174 Å². The van der Waals surface area contributed by atoms with E-state index in [4.69, 9.17) is 0 Å². The first-order valence-corrected chi connectivity index (χ1v) is 9.60. The lowest BCUT2D eigenvalue weighted by atomic mass is 10.1. The quantitative estimate of drug-likeness (QED) is 0.363. The molecule has 0 fully saturated rings. The molecule has 0 saturated carbocycles. The molecule has 0 aliphatic carbocycles. The summed E-state index contributed by atoms with van der Waals surface area (Å²) in [5.74, 6) is 1.13. The molecule has 1 atom stereocenters. The van der Waals surface area contributed by atoms with Gasteiger partial charge in [0, 0.05) is 42.7 Å². The third-order valence-corrected chi connectivity index (χ3v) is 4.61. The smallest absolute Gasteiger partial charge is 0.269 e. The highest BCUT2D eigenvalue weighted by Gasteiger charge is 2.15. The Morgan fingerprint density at radius 1 is 1.13 bits per heavy atom. The van der Waals surface area contributed by atoms with Gasteiger partial charge in [0.25, 0.3) is 5.69 Å². The molecular formula is C21H24N6O3. The Hall–Kier alpha value is -3.59. The topological polar surface area (TPSA) is 126 Å². The van der Waals surface area contributed by atoms with E-state index in [0.717, 1.165) is 11.1 Å². The van der Waals surface area contributed by atoms with Crippen LogP contribution in [0.15, 0.2) is 54.9 Å². The largest absolute Gasteiger partial charge is 0.394 e. The third-order valence-electron chi connectivity index (χ3n) is 4.61. The number of aliphatic hydroxyl groups excluding tert-OH is 1. The molecule has 0 radical (unpaired) electrons. The van der Waals surface area contributed by atoms with E-state index in [9.17, 15) is 15.2 Å². The fourth-order valence-corrected chi connectivity index (χ4v) is 2.83. The van der Waals surface area contributed by atoms with E-state index in [1.807, 2.05) is 32.0 Å². The lowest BCUT2D eigenvalue weighted by molar-refractivity contribution is -0.384. The zero-order valence-electron chi connectivity index (χ0n) is 16.8. The molecule has 0 amide bonds. The Morgan fingerprint density at radius 2 is 1.90 bits per heavy atom. The van der Waals surface area contributed by atoms with Crippen LogP contribution in [-0.2, 0) is 6.54 Å². The van der Waals surface area contributed by atoms with Gasteiger partial charge in [-0.3, -0.25) is 15.1 Å². The first kappa shape index (κ1) is 21.1. The van der Waals surface area contributed by atoms with E-state index in [1.165, 1.54) is 12.1 Å². The highest BCUT2D eigenvalue weighted by Crippen LogP contribution is 2.22. The molecule has 0 unspecified atom stereocenters. The van der Waals surface area contributed by atoms with E-state index in [-0.39, 0.29) is 24.3 Å². The Balaban J connectivity index is 1.87. The minimum atomic E-state index is -0.418. The van der Waals surface area contributed by atoms with Crippen molar-refractivity contribution in [3.8, 4) is 11.3 Å². The molecule has 0 saturated heterocycles. The van der Waals surface area contributed by atoms with Gasteiger partial charge in [-0.25, -0.2) is 4.98 Å². The monoisotopic (exact) mass is 408 g/mol. The van der Waals surface area contributed by atoms with Gasteiger partial charge in [0.1, 0.15) is 5.82 Å². The van der Waals surface area contributed by atoms with Gasteiger partial charge in [0.15, 0.2) is 0 Å². The summed E-state index contributed by atoms with van der Waals surface area (Å²) in [7, 11) is 0. The van der Waals surface area contributed by atoms with Gasteiger partial charge in [0.2, 0.25) is 5.95 Å². The second-order valence-corrected chi connectivity index (χ2v) is 7.16. The minimum absolute atomic E-state index is 0.0412. The van der Waals surface area contributed by atoms with Crippen molar-refractivity contribution in [2.45, 2.75) is 26.4 Å². The number of non-ortho nitro benzene ring substituents is 1. The normalized spacial score (nSPS) is 11.9. The third kappa shape index (κ3) is 5.48. The summed E-state index contributed by atoms with van der Waals surface area (Å²) < 4.78 is 0. The molecule has 1 aromatic carbocycles. The molecule has 0 aliphatic rings. The molecule has 156 valence electrons. The van der Waals surface area contributed by atoms with Gasteiger partial charge < -0.3 is 15.7 Å². The van der Waals surface area contributed by atoms with Crippen LogP contribution >= 0.6 is 0 Å². The first-order valence-electron chi connectivity index (χ1n) is 9.60. The van der Waals surface area contributed by atoms with Crippen LogP contribution in [0.5, 0.6) is 0 Å². The van der Waals surface area contributed by atoms with Crippen LogP contribution in [0.25, 0.3) is 11.3 Å². The molecule has 0 aliphatic heterocycles. The molecule has 3 N–H and O–H groups in total. The summed E-state index contributed by atoms with van der Waals surface area (Å²) in [6, 6.07) is 11.8. The Kier molecular flexibility index (Phi) is 6.87. The summed E-state index contributed by atoms with van der Waals surface area (Å²) in [6.07, 6.45) is 3.37. The molecule has 3 rings (SSSR count). The number of anilines is 2. The van der Waals surface area contributed by atoms with Gasteiger partial charge in [0.05, 0.1) is 23.3 Å². The number of rotatable bonds is 9. The van der Waals surface area contributed by atoms with E-state index >= 15 is 0 Å². The molecule has 30 heavy (non-hydrogen) atoms. The Morgan fingerprint density at radius 3 is 2.57 bits per heavy atom. The molecule has 3 aromatic rings. The van der Waals surface area contributed by atoms with Gasteiger partial charge in [-0.15, -0.1) is 0 Å². The first-order chi connectivity index (χ1) is 14.5. The summed E-state index contributed by atoms with van der Waals surface area (Å²) in [5, 5.41) is 27.0. The highest BCUT2D eigenvalue weighted by atomic mass is 16.6. The van der Waals surface area contributed by atoms with Crippen molar-refractivity contribution in [1.82, 2.24) is 15.0 Å². The van der Waals surface area contributed by atoms with Crippen molar-refractivity contribution < 1.29 is 10.0 Å².